The third-order valence-corrected chi connectivity index (χ3v) is 5.12. The van der Waals surface area contributed by atoms with E-state index in [-0.39, 0.29) is 5.91 Å². The van der Waals surface area contributed by atoms with Gasteiger partial charge in [0, 0.05) is 33.1 Å². The molecule has 3 rings (SSSR count). The molecule has 0 saturated heterocycles. The smallest absolute Gasteiger partial charge is 0.262 e. The van der Waals surface area contributed by atoms with Gasteiger partial charge in [0.2, 0.25) is 0 Å². The highest BCUT2D eigenvalue weighted by atomic mass is 16.5. The summed E-state index contributed by atoms with van der Waals surface area (Å²) >= 11 is 0. The minimum Gasteiger partial charge on any atom is -0.493 e. The fraction of sp³-hybridized carbons (Fsp3) is 0.458. The predicted molar refractivity (Wildman–Crippen MR) is 117 cm³/mol. The minimum atomic E-state index is -0.572. The molecule has 2 atom stereocenters. The Labute approximate surface area is 179 Å². The maximum atomic E-state index is 12.1. The standard InChI is InChI=1S/C24H32N2O4/c1-5-28-23-13-18(10-11-22(23)30-17(2)24(27)26(3)4)14-25-15-19-12-20-8-6-7-9-21(20)29-16-19/h6-11,13,17,19,25H,5,12,14-16H2,1-4H3. The van der Waals surface area contributed by atoms with Crippen LogP contribution in [0.3, 0.4) is 0 Å². The van der Waals surface area contributed by atoms with Gasteiger partial charge in [0.05, 0.1) is 13.2 Å². The van der Waals surface area contributed by atoms with Crippen LogP contribution in [0.2, 0.25) is 0 Å². The van der Waals surface area contributed by atoms with Gasteiger partial charge in [0.25, 0.3) is 5.91 Å². The molecule has 1 N–H and O–H groups in total. The normalized spacial score (nSPS) is 16.2. The lowest BCUT2D eigenvalue weighted by molar-refractivity contribution is -0.135. The Morgan fingerprint density at radius 1 is 1.23 bits per heavy atom. The van der Waals surface area contributed by atoms with Gasteiger partial charge in [-0.15, -0.1) is 0 Å². The third kappa shape index (κ3) is 5.66. The van der Waals surface area contributed by atoms with Gasteiger partial charge in [-0.05, 0) is 49.6 Å². The molecule has 1 amide bonds. The molecule has 0 bridgehead atoms. The van der Waals surface area contributed by atoms with Gasteiger partial charge in [0.1, 0.15) is 5.75 Å². The molecule has 2 aromatic carbocycles. The number of rotatable bonds is 9. The summed E-state index contributed by atoms with van der Waals surface area (Å²) in [5.74, 6) is 2.62. The molecule has 2 unspecified atom stereocenters. The molecule has 2 aromatic rings. The number of para-hydroxylation sites is 1. The number of benzene rings is 2. The van der Waals surface area contributed by atoms with Gasteiger partial charge in [-0.3, -0.25) is 4.79 Å². The molecule has 1 aliphatic rings. The van der Waals surface area contributed by atoms with Crippen molar-refractivity contribution in [2.75, 3.05) is 33.9 Å². The summed E-state index contributed by atoms with van der Waals surface area (Å²) in [6.07, 6.45) is 0.454. The fourth-order valence-electron chi connectivity index (χ4n) is 3.58. The van der Waals surface area contributed by atoms with Crippen molar-refractivity contribution in [2.24, 2.45) is 5.92 Å². The van der Waals surface area contributed by atoms with E-state index in [1.165, 1.54) is 10.5 Å². The van der Waals surface area contributed by atoms with Crippen molar-refractivity contribution >= 4 is 5.91 Å². The highest BCUT2D eigenvalue weighted by Gasteiger charge is 2.20. The average molecular weight is 413 g/mol. The van der Waals surface area contributed by atoms with E-state index in [1.54, 1.807) is 21.0 Å². The van der Waals surface area contributed by atoms with Gasteiger partial charge in [-0.1, -0.05) is 24.3 Å². The molecule has 30 heavy (non-hydrogen) atoms. The van der Waals surface area contributed by atoms with E-state index in [9.17, 15) is 4.79 Å². The van der Waals surface area contributed by atoms with Crippen LogP contribution in [-0.2, 0) is 17.8 Å². The maximum Gasteiger partial charge on any atom is 0.262 e. The van der Waals surface area contributed by atoms with Crippen molar-refractivity contribution in [1.29, 1.82) is 0 Å². The summed E-state index contributed by atoms with van der Waals surface area (Å²) in [6, 6.07) is 14.1. The Hall–Kier alpha value is -2.73. The summed E-state index contributed by atoms with van der Waals surface area (Å²) in [6.45, 7) is 6.55. The van der Waals surface area contributed by atoms with Crippen LogP contribution < -0.4 is 19.5 Å². The van der Waals surface area contributed by atoms with Crippen LogP contribution in [0.15, 0.2) is 42.5 Å². The minimum absolute atomic E-state index is 0.0838. The molecular formula is C24H32N2O4. The maximum absolute atomic E-state index is 12.1. The Morgan fingerprint density at radius 2 is 2.03 bits per heavy atom. The average Bonchev–Trinajstić information content (AvgIpc) is 2.75. The van der Waals surface area contributed by atoms with E-state index >= 15 is 0 Å². The van der Waals surface area contributed by atoms with Crippen LogP contribution in [0.25, 0.3) is 0 Å². The number of nitrogens with zero attached hydrogens (tertiary/aromatic N) is 1. The van der Waals surface area contributed by atoms with E-state index in [0.717, 1.165) is 37.4 Å². The Bertz CT molecular complexity index is 853. The summed E-state index contributed by atoms with van der Waals surface area (Å²) < 4.78 is 17.5. The van der Waals surface area contributed by atoms with E-state index in [4.69, 9.17) is 14.2 Å². The SMILES string of the molecule is CCOc1cc(CNCC2COc3ccccc3C2)ccc1OC(C)C(=O)N(C)C. The van der Waals surface area contributed by atoms with Crippen molar-refractivity contribution in [3.63, 3.8) is 0 Å². The van der Waals surface area contributed by atoms with Crippen LogP contribution in [0.1, 0.15) is 25.0 Å². The topological polar surface area (TPSA) is 60.0 Å². The van der Waals surface area contributed by atoms with E-state index in [1.807, 2.05) is 37.3 Å². The van der Waals surface area contributed by atoms with Gasteiger partial charge < -0.3 is 24.4 Å². The molecule has 162 valence electrons. The second-order valence-corrected chi connectivity index (χ2v) is 7.83. The number of fused-ring (bicyclic) bond motifs is 1. The number of hydrogen-bond acceptors (Lipinski definition) is 5. The van der Waals surface area contributed by atoms with Gasteiger partial charge in [-0.2, -0.15) is 0 Å². The number of amides is 1. The van der Waals surface area contributed by atoms with Gasteiger partial charge in [-0.25, -0.2) is 0 Å². The summed E-state index contributed by atoms with van der Waals surface area (Å²) in [5, 5.41) is 3.53. The summed E-state index contributed by atoms with van der Waals surface area (Å²) in [5.41, 5.74) is 2.38. The number of carbonyl (C=O) groups excluding carboxylic acids is 1. The molecule has 6 nitrogen and oxygen atoms in total. The molecule has 1 heterocycles. The number of hydrogen-bond donors (Lipinski definition) is 1. The lowest BCUT2D eigenvalue weighted by Gasteiger charge is -2.25. The first kappa shape index (κ1) is 22.0. The Kier molecular flexibility index (Phi) is 7.57. The number of nitrogens with one attached hydrogen (secondary N) is 1. The lowest BCUT2D eigenvalue weighted by Crippen LogP contribution is -2.35. The molecule has 0 fully saturated rings. The first-order valence-electron chi connectivity index (χ1n) is 10.5. The Balaban J connectivity index is 1.56. The molecule has 0 radical (unpaired) electrons. The molecular weight excluding hydrogens is 380 g/mol. The molecule has 1 aliphatic heterocycles. The van der Waals surface area contributed by atoms with Crippen molar-refractivity contribution in [3.05, 3.63) is 53.6 Å². The van der Waals surface area contributed by atoms with Crippen LogP contribution >= 0.6 is 0 Å². The zero-order chi connectivity index (χ0) is 21.5. The van der Waals surface area contributed by atoms with Crippen LogP contribution in [0, 0.1) is 5.92 Å². The molecule has 0 saturated carbocycles. The van der Waals surface area contributed by atoms with E-state index in [0.29, 0.717) is 24.0 Å². The van der Waals surface area contributed by atoms with E-state index < -0.39 is 6.10 Å². The van der Waals surface area contributed by atoms with Crippen molar-refractivity contribution < 1.29 is 19.0 Å². The van der Waals surface area contributed by atoms with Crippen LogP contribution in [-0.4, -0.2) is 50.8 Å². The highest BCUT2D eigenvalue weighted by Crippen LogP contribution is 2.30. The number of carbonyl (C=O) groups is 1. The quantitative estimate of drug-likeness (QED) is 0.685. The van der Waals surface area contributed by atoms with Crippen LogP contribution in [0.4, 0.5) is 0 Å². The molecule has 0 spiro atoms. The molecule has 0 aromatic heterocycles. The molecule has 6 heteroatoms. The summed E-state index contributed by atoms with van der Waals surface area (Å²) in [4.78, 5) is 13.6. The third-order valence-electron chi connectivity index (χ3n) is 5.12. The Morgan fingerprint density at radius 3 is 2.80 bits per heavy atom. The van der Waals surface area contributed by atoms with Gasteiger partial charge >= 0.3 is 0 Å². The monoisotopic (exact) mass is 412 g/mol. The first-order chi connectivity index (χ1) is 14.5. The number of likely N-dealkylation sites (N-methyl/N-ethyl adjacent to an activating group) is 1. The van der Waals surface area contributed by atoms with Gasteiger partial charge in [0.15, 0.2) is 17.6 Å². The van der Waals surface area contributed by atoms with Crippen LogP contribution in [0.5, 0.6) is 17.2 Å². The lowest BCUT2D eigenvalue weighted by atomic mass is 9.97. The highest BCUT2D eigenvalue weighted by molar-refractivity contribution is 5.80. The molecule has 0 aliphatic carbocycles. The summed E-state index contributed by atoms with van der Waals surface area (Å²) in [7, 11) is 3.44. The number of ether oxygens (including phenoxy) is 3. The fourth-order valence-corrected chi connectivity index (χ4v) is 3.58. The van der Waals surface area contributed by atoms with Crippen molar-refractivity contribution in [1.82, 2.24) is 10.2 Å². The largest absolute Gasteiger partial charge is 0.493 e. The van der Waals surface area contributed by atoms with Crippen molar-refractivity contribution in [3.8, 4) is 17.2 Å². The predicted octanol–water partition coefficient (Wildman–Crippen LogP) is 3.28. The zero-order valence-electron chi connectivity index (χ0n) is 18.3. The first-order valence-corrected chi connectivity index (χ1v) is 10.5. The van der Waals surface area contributed by atoms with Crippen molar-refractivity contribution in [2.45, 2.75) is 32.9 Å². The van der Waals surface area contributed by atoms with E-state index in [2.05, 4.69) is 17.4 Å². The zero-order valence-corrected chi connectivity index (χ0v) is 18.3. The second kappa shape index (κ2) is 10.3. The second-order valence-electron chi connectivity index (χ2n) is 7.83.